The fraction of sp³-hybridized carbons (Fsp3) is 0.174. The van der Waals surface area contributed by atoms with E-state index in [2.05, 4.69) is 27.9 Å². The Morgan fingerprint density at radius 2 is 1.68 bits per heavy atom. The molecule has 0 spiro atoms. The smallest absolute Gasteiger partial charge is 0.264 e. The molecule has 0 aliphatic carbocycles. The molecule has 3 aromatic rings. The molecule has 3 rings (SSSR count). The van der Waals surface area contributed by atoms with Crippen LogP contribution in [0, 0.1) is 3.57 Å². The zero-order valence-electron chi connectivity index (χ0n) is 17.2. The number of carbonyl (C=O) groups excluding carboxylic acids is 1. The van der Waals surface area contributed by atoms with Crippen molar-refractivity contribution >= 4 is 49.9 Å². The summed E-state index contributed by atoms with van der Waals surface area (Å²) in [6.45, 7) is 3.46. The average molecular weight is 550 g/mol. The molecule has 0 aromatic heterocycles. The van der Waals surface area contributed by atoms with Gasteiger partial charge in [0.1, 0.15) is 12.3 Å². The van der Waals surface area contributed by atoms with Crippen LogP contribution in [0.3, 0.4) is 0 Å². The number of sulfonamides is 1. The van der Waals surface area contributed by atoms with Crippen molar-refractivity contribution < 1.29 is 17.9 Å². The third-order valence-electron chi connectivity index (χ3n) is 4.22. The molecule has 8 heteroatoms. The van der Waals surface area contributed by atoms with Crippen LogP contribution in [-0.2, 0) is 14.8 Å². The lowest BCUT2D eigenvalue weighted by Crippen LogP contribution is -2.38. The number of benzene rings is 3. The number of amides is 1. The second-order valence-electron chi connectivity index (χ2n) is 7.04. The Balaban J connectivity index is 1.87. The average Bonchev–Trinajstić information content (AvgIpc) is 2.73. The number of ether oxygens (including phenoxy) is 1. The van der Waals surface area contributed by atoms with Gasteiger partial charge in [0, 0.05) is 15.3 Å². The van der Waals surface area contributed by atoms with Crippen LogP contribution >= 0.6 is 22.6 Å². The minimum atomic E-state index is -3.93. The highest BCUT2D eigenvalue weighted by atomic mass is 127. The van der Waals surface area contributed by atoms with Crippen molar-refractivity contribution in [2.75, 3.05) is 16.2 Å². The van der Waals surface area contributed by atoms with Crippen LogP contribution in [0.4, 0.5) is 11.4 Å². The Morgan fingerprint density at radius 3 is 2.32 bits per heavy atom. The fourth-order valence-electron chi connectivity index (χ4n) is 2.89. The Labute approximate surface area is 196 Å². The van der Waals surface area contributed by atoms with Gasteiger partial charge in [0.05, 0.1) is 16.7 Å². The van der Waals surface area contributed by atoms with E-state index in [9.17, 15) is 13.2 Å². The molecule has 0 saturated heterocycles. The van der Waals surface area contributed by atoms with E-state index in [0.29, 0.717) is 17.1 Å². The van der Waals surface area contributed by atoms with Gasteiger partial charge in [-0.15, -0.1) is 0 Å². The molecule has 1 amide bonds. The summed E-state index contributed by atoms with van der Waals surface area (Å²) in [5.74, 6) is 0.166. The normalized spacial score (nSPS) is 11.2. The number of carbonyl (C=O) groups is 1. The second-order valence-corrected chi connectivity index (χ2v) is 10.2. The lowest BCUT2D eigenvalue weighted by atomic mass is 10.3. The molecule has 0 atom stereocenters. The van der Waals surface area contributed by atoms with E-state index in [1.165, 1.54) is 12.1 Å². The topological polar surface area (TPSA) is 75.7 Å². The lowest BCUT2D eigenvalue weighted by Gasteiger charge is -2.24. The largest absolute Gasteiger partial charge is 0.491 e. The molecule has 0 bridgehead atoms. The van der Waals surface area contributed by atoms with E-state index in [0.717, 1.165) is 7.88 Å². The van der Waals surface area contributed by atoms with Crippen LogP contribution in [-0.4, -0.2) is 27.0 Å². The van der Waals surface area contributed by atoms with Crippen LogP contribution in [0.5, 0.6) is 5.75 Å². The molecule has 6 nitrogen and oxygen atoms in total. The van der Waals surface area contributed by atoms with Crippen molar-refractivity contribution in [3.63, 3.8) is 0 Å². The van der Waals surface area contributed by atoms with Gasteiger partial charge in [0.2, 0.25) is 5.91 Å². The number of anilines is 2. The summed E-state index contributed by atoms with van der Waals surface area (Å²) in [5, 5.41) is 2.76. The molecule has 3 aromatic carbocycles. The zero-order chi connectivity index (χ0) is 22.4. The van der Waals surface area contributed by atoms with Crippen LogP contribution in [0.1, 0.15) is 13.8 Å². The first kappa shape index (κ1) is 23.1. The summed E-state index contributed by atoms with van der Waals surface area (Å²) in [7, 11) is -3.93. The van der Waals surface area contributed by atoms with Crippen molar-refractivity contribution in [1.29, 1.82) is 0 Å². The number of halogens is 1. The van der Waals surface area contributed by atoms with Gasteiger partial charge < -0.3 is 10.1 Å². The van der Waals surface area contributed by atoms with Crippen LogP contribution in [0.2, 0.25) is 0 Å². The second kappa shape index (κ2) is 10.1. The molecule has 0 heterocycles. The predicted molar refractivity (Wildman–Crippen MR) is 131 cm³/mol. The monoisotopic (exact) mass is 550 g/mol. The highest BCUT2D eigenvalue weighted by Gasteiger charge is 2.27. The molecule has 0 radical (unpaired) electrons. The molecular weight excluding hydrogens is 527 g/mol. The molecule has 0 aliphatic heterocycles. The molecule has 0 saturated carbocycles. The van der Waals surface area contributed by atoms with Crippen molar-refractivity contribution in [3.8, 4) is 5.75 Å². The van der Waals surface area contributed by atoms with Gasteiger partial charge in [0.15, 0.2) is 0 Å². The number of nitrogens with zero attached hydrogens (tertiary/aromatic N) is 1. The number of nitrogens with one attached hydrogen (secondary N) is 1. The van der Waals surface area contributed by atoms with Gasteiger partial charge in [-0.05, 0) is 85.0 Å². The van der Waals surface area contributed by atoms with Crippen LogP contribution < -0.4 is 14.4 Å². The number of hydrogen-bond donors (Lipinski definition) is 1. The van der Waals surface area contributed by atoms with Crippen LogP contribution in [0.15, 0.2) is 83.8 Å². The predicted octanol–water partition coefficient (Wildman–Crippen LogP) is 4.91. The molecule has 0 aliphatic rings. The maximum Gasteiger partial charge on any atom is 0.264 e. The summed E-state index contributed by atoms with van der Waals surface area (Å²) < 4.78 is 34.3. The van der Waals surface area contributed by atoms with E-state index in [4.69, 9.17) is 4.74 Å². The minimum Gasteiger partial charge on any atom is -0.491 e. The number of rotatable bonds is 8. The summed E-state index contributed by atoms with van der Waals surface area (Å²) in [4.78, 5) is 12.9. The van der Waals surface area contributed by atoms with Gasteiger partial charge in [0.25, 0.3) is 10.0 Å². The van der Waals surface area contributed by atoms with Crippen molar-refractivity contribution in [1.82, 2.24) is 0 Å². The van der Waals surface area contributed by atoms with E-state index < -0.39 is 15.9 Å². The standard InChI is InChI=1S/C23H23IN2O4S/c1-17(2)30-21-8-6-7-19(15-21)25-23(27)16-26(20-13-11-18(24)12-14-20)31(28,29)22-9-4-3-5-10-22/h3-15,17H,16H2,1-2H3,(H,25,27). The van der Waals surface area contributed by atoms with Crippen molar-refractivity contribution in [3.05, 3.63) is 82.4 Å². The summed E-state index contributed by atoms with van der Waals surface area (Å²) in [6, 6.07) is 22.1. The van der Waals surface area contributed by atoms with E-state index in [1.807, 2.05) is 13.8 Å². The summed E-state index contributed by atoms with van der Waals surface area (Å²) >= 11 is 2.14. The van der Waals surface area contributed by atoms with E-state index in [1.54, 1.807) is 66.7 Å². The summed E-state index contributed by atoms with van der Waals surface area (Å²) in [6.07, 6.45) is -0.00154. The third kappa shape index (κ3) is 6.20. The highest BCUT2D eigenvalue weighted by Crippen LogP contribution is 2.25. The van der Waals surface area contributed by atoms with Gasteiger partial charge in [-0.1, -0.05) is 24.3 Å². The third-order valence-corrected chi connectivity index (χ3v) is 6.73. The maximum absolute atomic E-state index is 13.3. The first-order valence-corrected chi connectivity index (χ1v) is 12.2. The zero-order valence-corrected chi connectivity index (χ0v) is 20.1. The van der Waals surface area contributed by atoms with Gasteiger partial charge in [-0.25, -0.2) is 8.42 Å². The Kier molecular flexibility index (Phi) is 7.55. The van der Waals surface area contributed by atoms with Gasteiger partial charge in [-0.2, -0.15) is 0 Å². The van der Waals surface area contributed by atoms with Gasteiger partial charge >= 0.3 is 0 Å². The number of hydrogen-bond acceptors (Lipinski definition) is 4. The molecule has 0 fully saturated rings. The highest BCUT2D eigenvalue weighted by molar-refractivity contribution is 14.1. The van der Waals surface area contributed by atoms with E-state index in [-0.39, 0.29) is 17.5 Å². The lowest BCUT2D eigenvalue weighted by molar-refractivity contribution is -0.114. The Hall–Kier alpha value is -2.59. The van der Waals surface area contributed by atoms with Crippen molar-refractivity contribution in [2.45, 2.75) is 24.8 Å². The van der Waals surface area contributed by atoms with Crippen molar-refractivity contribution in [2.24, 2.45) is 0 Å². The SMILES string of the molecule is CC(C)Oc1cccc(NC(=O)CN(c2ccc(I)cc2)S(=O)(=O)c2ccccc2)c1. The Bertz CT molecular complexity index is 1130. The molecular formula is C23H23IN2O4S. The van der Waals surface area contributed by atoms with E-state index >= 15 is 0 Å². The first-order chi connectivity index (χ1) is 14.8. The first-order valence-electron chi connectivity index (χ1n) is 9.65. The molecule has 1 N–H and O–H groups in total. The van der Waals surface area contributed by atoms with Gasteiger partial charge in [-0.3, -0.25) is 9.10 Å². The molecule has 162 valence electrons. The fourth-order valence-corrected chi connectivity index (χ4v) is 4.69. The molecule has 31 heavy (non-hydrogen) atoms. The quantitative estimate of drug-likeness (QED) is 0.405. The Morgan fingerprint density at radius 1 is 1.00 bits per heavy atom. The minimum absolute atomic E-state index is 0.00154. The maximum atomic E-state index is 13.3. The summed E-state index contributed by atoms with van der Waals surface area (Å²) in [5.41, 5.74) is 0.944. The van der Waals surface area contributed by atoms with Crippen LogP contribution in [0.25, 0.3) is 0 Å². The molecule has 0 unspecified atom stereocenters.